The van der Waals surface area contributed by atoms with Gasteiger partial charge in [-0.1, -0.05) is 40.9 Å². The molecule has 0 saturated heterocycles. The van der Waals surface area contributed by atoms with Crippen LogP contribution in [-0.4, -0.2) is 55.6 Å². The number of carbonyl (C=O) groups excluding carboxylic acids is 2. The van der Waals surface area contributed by atoms with Crippen LogP contribution < -0.4 is 5.32 Å². The van der Waals surface area contributed by atoms with Gasteiger partial charge in [0.1, 0.15) is 6.04 Å². The van der Waals surface area contributed by atoms with Gasteiger partial charge in [0.2, 0.25) is 21.8 Å². The van der Waals surface area contributed by atoms with Gasteiger partial charge in [-0.2, -0.15) is 4.31 Å². The zero-order valence-electron chi connectivity index (χ0n) is 17.8. The molecule has 2 aromatic carbocycles. The molecule has 7 nitrogen and oxygen atoms in total. The first-order valence-electron chi connectivity index (χ1n) is 9.70. The van der Waals surface area contributed by atoms with Gasteiger partial charge in [0.15, 0.2) is 0 Å². The highest BCUT2D eigenvalue weighted by molar-refractivity contribution is 7.89. The van der Waals surface area contributed by atoms with E-state index in [2.05, 4.69) is 5.32 Å². The van der Waals surface area contributed by atoms with Crippen LogP contribution in [0.4, 0.5) is 0 Å². The van der Waals surface area contributed by atoms with E-state index in [1.165, 1.54) is 42.3 Å². The van der Waals surface area contributed by atoms with E-state index in [0.717, 1.165) is 4.31 Å². The maximum Gasteiger partial charge on any atom is 0.243 e. The van der Waals surface area contributed by atoms with E-state index in [9.17, 15) is 18.0 Å². The van der Waals surface area contributed by atoms with Crippen molar-refractivity contribution < 1.29 is 18.0 Å². The molecule has 2 rings (SSSR count). The fourth-order valence-corrected chi connectivity index (χ4v) is 4.61. The molecule has 0 aromatic heterocycles. The molecule has 1 N–H and O–H groups in total. The summed E-state index contributed by atoms with van der Waals surface area (Å²) in [5, 5.41) is 3.83. The van der Waals surface area contributed by atoms with E-state index in [-0.39, 0.29) is 17.3 Å². The molecule has 0 fully saturated rings. The van der Waals surface area contributed by atoms with Crippen LogP contribution in [0, 0.1) is 0 Å². The van der Waals surface area contributed by atoms with Gasteiger partial charge in [0, 0.05) is 35.2 Å². The van der Waals surface area contributed by atoms with Gasteiger partial charge < -0.3 is 10.2 Å². The Morgan fingerprint density at radius 3 is 2.19 bits per heavy atom. The van der Waals surface area contributed by atoms with Crippen LogP contribution in [-0.2, 0) is 26.2 Å². The molecule has 0 spiro atoms. The molecule has 0 bridgehead atoms. The molecule has 2 amide bonds. The SMILES string of the molecule is CCNC(=O)C(C)N(Cc1ccc(Cl)cc1Cl)C(=O)CN(C)S(=O)(=O)c1ccc(Cl)cc1. The van der Waals surface area contributed by atoms with E-state index in [1.54, 1.807) is 26.0 Å². The number of benzene rings is 2. The summed E-state index contributed by atoms with van der Waals surface area (Å²) in [6.45, 7) is 3.25. The van der Waals surface area contributed by atoms with Crippen molar-refractivity contribution in [3.8, 4) is 0 Å². The molecule has 0 aliphatic heterocycles. The second kappa shape index (κ2) is 11.3. The minimum Gasteiger partial charge on any atom is -0.355 e. The van der Waals surface area contributed by atoms with Gasteiger partial charge in [-0.25, -0.2) is 8.42 Å². The number of carbonyl (C=O) groups is 2. The normalized spacial score (nSPS) is 12.5. The quantitative estimate of drug-likeness (QED) is 0.544. The monoisotopic (exact) mass is 519 g/mol. The van der Waals surface area contributed by atoms with Gasteiger partial charge >= 0.3 is 0 Å². The summed E-state index contributed by atoms with van der Waals surface area (Å²) in [6.07, 6.45) is 0. The lowest BCUT2D eigenvalue weighted by atomic mass is 10.1. The van der Waals surface area contributed by atoms with Crippen LogP contribution in [0.2, 0.25) is 15.1 Å². The molecule has 0 aliphatic rings. The third kappa shape index (κ3) is 6.59. The maximum absolute atomic E-state index is 13.2. The van der Waals surface area contributed by atoms with Gasteiger partial charge in [0.25, 0.3) is 0 Å². The molecule has 32 heavy (non-hydrogen) atoms. The lowest BCUT2D eigenvalue weighted by molar-refractivity contribution is -0.140. The Labute approximate surface area is 203 Å². The number of rotatable bonds is 9. The van der Waals surface area contributed by atoms with Gasteiger partial charge in [-0.15, -0.1) is 0 Å². The predicted molar refractivity (Wildman–Crippen MR) is 126 cm³/mol. The van der Waals surface area contributed by atoms with E-state index in [0.29, 0.717) is 27.2 Å². The van der Waals surface area contributed by atoms with Crippen LogP contribution in [0.5, 0.6) is 0 Å². The average Bonchev–Trinajstić information content (AvgIpc) is 2.73. The smallest absolute Gasteiger partial charge is 0.243 e. The highest BCUT2D eigenvalue weighted by atomic mass is 35.5. The Balaban J connectivity index is 2.30. The summed E-state index contributed by atoms with van der Waals surface area (Å²) >= 11 is 18.0. The molecule has 0 radical (unpaired) electrons. The summed E-state index contributed by atoms with van der Waals surface area (Å²) in [6, 6.07) is 9.59. The predicted octanol–water partition coefficient (Wildman–Crippen LogP) is 3.82. The Bertz CT molecular complexity index is 1080. The first-order chi connectivity index (χ1) is 15.0. The Kier molecular flexibility index (Phi) is 9.36. The highest BCUT2D eigenvalue weighted by Crippen LogP contribution is 2.24. The van der Waals surface area contributed by atoms with Crippen molar-refractivity contribution in [2.45, 2.75) is 31.3 Å². The Morgan fingerprint density at radius 1 is 1.03 bits per heavy atom. The molecule has 2 aromatic rings. The van der Waals surface area contributed by atoms with E-state index in [1.807, 2.05) is 0 Å². The van der Waals surface area contributed by atoms with Crippen molar-refractivity contribution >= 4 is 56.6 Å². The zero-order valence-corrected chi connectivity index (χ0v) is 20.9. The van der Waals surface area contributed by atoms with E-state index in [4.69, 9.17) is 34.8 Å². The van der Waals surface area contributed by atoms with Gasteiger partial charge in [-0.3, -0.25) is 9.59 Å². The number of amides is 2. The molecule has 0 saturated carbocycles. The molecule has 1 unspecified atom stereocenters. The van der Waals surface area contributed by atoms with Crippen molar-refractivity contribution in [1.82, 2.24) is 14.5 Å². The third-order valence-corrected chi connectivity index (χ3v) is 7.41. The number of nitrogens with one attached hydrogen (secondary N) is 1. The summed E-state index contributed by atoms with van der Waals surface area (Å²) in [5.41, 5.74) is 0.573. The van der Waals surface area contributed by atoms with Crippen LogP contribution in [0.1, 0.15) is 19.4 Å². The molecule has 1 atom stereocenters. The molecule has 11 heteroatoms. The zero-order chi connectivity index (χ0) is 24.1. The first kappa shape index (κ1) is 26.4. The number of sulfonamides is 1. The standard InChI is InChI=1S/C21H24Cl3N3O4S/c1-4-25-21(29)14(2)27(12-15-5-6-17(23)11-19(15)24)20(28)13-26(3)32(30,31)18-9-7-16(22)8-10-18/h5-11,14H,4,12-13H2,1-3H3,(H,25,29). The minimum absolute atomic E-state index is 0.00118. The van der Waals surface area contributed by atoms with Gasteiger partial charge in [-0.05, 0) is 55.8 Å². The third-order valence-electron chi connectivity index (χ3n) is 4.75. The molecule has 0 heterocycles. The Morgan fingerprint density at radius 2 is 1.62 bits per heavy atom. The summed E-state index contributed by atoms with van der Waals surface area (Å²) in [5.74, 6) is -0.927. The first-order valence-corrected chi connectivity index (χ1v) is 12.3. The number of hydrogen-bond acceptors (Lipinski definition) is 4. The van der Waals surface area contributed by atoms with Crippen molar-refractivity contribution in [2.24, 2.45) is 0 Å². The molecular formula is C21H24Cl3N3O4S. The second-order valence-corrected chi connectivity index (χ2v) is 10.4. The summed E-state index contributed by atoms with van der Waals surface area (Å²) in [4.78, 5) is 26.9. The molecule has 0 aliphatic carbocycles. The molecule has 174 valence electrons. The second-order valence-electron chi connectivity index (χ2n) is 7.04. The number of hydrogen-bond donors (Lipinski definition) is 1. The Hall–Kier alpha value is -1.84. The average molecular weight is 521 g/mol. The van der Waals surface area contributed by atoms with Crippen molar-refractivity contribution in [3.05, 3.63) is 63.1 Å². The maximum atomic E-state index is 13.2. The van der Waals surface area contributed by atoms with Crippen LogP contribution >= 0.6 is 34.8 Å². The topological polar surface area (TPSA) is 86.8 Å². The van der Waals surface area contributed by atoms with Crippen LogP contribution in [0.25, 0.3) is 0 Å². The summed E-state index contributed by atoms with van der Waals surface area (Å²) < 4.78 is 26.6. The van der Waals surface area contributed by atoms with E-state index < -0.39 is 28.5 Å². The van der Waals surface area contributed by atoms with Crippen molar-refractivity contribution in [3.63, 3.8) is 0 Å². The lowest BCUT2D eigenvalue weighted by Gasteiger charge is -2.30. The number of likely N-dealkylation sites (N-methyl/N-ethyl adjacent to an activating group) is 2. The number of halogens is 3. The van der Waals surface area contributed by atoms with Crippen molar-refractivity contribution in [1.29, 1.82) is 0 Å². The fourth-order valence-electron chi connectivity index (χ4n) is 2.89. The van der Waals surface area contributed by atoms with Crippen LogP contribution in [0.3, 0.4) is 0 Å². The fraction of sp³-hybridized carbons (Fsp3) is 0.333. The molecular weight excluding hydrogens is 497 g/mol. The highest BCUT2D eigenvalue weighted by Gasteiger charge is 2.30. The minimum atomic E-state index is -3.94. The lowest BCUT2D eigenvalue weighted by Crippen LogP contribution is -2.50. The van der Waals surface area contributed by atoms with Gasteiger partial charge in [0.05, 0.1) is 11.4 Å². The van der Waals surface area contributed by atoms with E-state index >= 15 is 0 Å². The number of nitrogens with zero attached hydrogens (tertiary/aromatic N) is 2. The van der Waals surface area contributed by atoms with Crippen LogP contribution in [0.15, 0.2) is 47.4 Å². The summed E-state index contributed by atoms with van der Waals surface area (Å²) in [7, 11) is -2.65. The largest absolute Gasteiger partial charge is 0.355 e. The van der Waals surface area contributed by atoms with Crippen molar-refractivity contribution in [2.75, 3.05) is 20.1 Å².